The molecule has 1 unspecified atom stereocenters. The highest BCUT2D eigenvalue weighted by atomic mass is 16.4. The summed E-state index contributed by atoms with van der Waals surface area (Å²) in [5.41, 5.74) is -0.159. The molecule has 1 heterocycles. The van der Waals surface area contributed by atoms with E-state index in [2.05, 4.69) is 26.1 Å². The Hall–Kier alpha value is -1.26. The minimum absolute atomic E-state index is 0.0464. The lowest BCUT2D eigenvalue weighted by atomic mass is 9.90. The Labute approximate surface area is 115 Å². The van der Waals surface area contributed by atoms with Gasteiger partial charge in [0, 0.05) is 18.1 Å². The highest BCUT2D eigenvalue weighted by Gasteiger charge is 2.34. The third-order valence-electron chi connectivity index (χ3n) is 4.45. The molecular weight excluding hydrogens is 244 g/mol. The molecule has 1 rings (SSSR count). The number of carboxylic acids is 1. The number of carbonyl (C=O) groups excluding carboxylic acids is 1. The number of likely N-dealkylation sites (tertiary alicyclic amines) is 1. The first-order valence-corrected chi connectivity index (χ1v) is 7.28. The molecule has 0 aromatic rings. The van der Waals surface area contributed by atoms with Crippen molar-refractivity contribution in [1.82, 2.24) is 10.2 Å². The summed E-state index contributed by atoms with van der Waals surface area (Å²) in [6, 6.07) is -0.255. The number of urea groups is 1. The van der Waals surface area contributed by atoms with E-state index < -0.39 is 5.97 Å². The van der Waals surface area contributed by atoms with E-state index in [0.29, 0.717) is 6.54 Å². The summed E-state index contributed by atoms with van der Waals surface area (Å²) in [7, 11) is 0. The molecule has 0 aromatic carbocycles. The number of carboxylic acid groups (broad SMARTS) is 1. The van der Waals surface area contributed by atoms with Crippen molar-refractivity contribution >= 4 is 12.0 Å². The number of nitrogens with one attached hydrogen (secondary N) is 1. The van der Waals surface area contributed by atoms with Crippen LogP contribution in [0.15, 0.2) is 0 Å². The maximum Gasteiger partial charge on any atom is 0.318 e. The van der Waals surface area contributed by atoms with Crippen LogP contribution < -0.4 is 5.32 Å². The van der Waals surface area contributed by atoms with Gasteiger partial charge in [-0.15, -0.1) is 0 Å². The minimum Gasteiger partial charge on any atom is -0.481 e. The van der Waals surface area contributed by atoms with Gasteiger partial charge in [0.05, 0.1) is 6.42 Å². The summed E-state index contributed by atoms with van der Waals surface area (Å²) in [5, 5.41) is 12.0. The second kappa shape index (κ2) is 6.78. The number of amides is 2. The SMILES string of the molecule is CCC(CC)(CC)NC(=O)N1CCCC1CC(=O)O. The van der Waals surface area contributed by atoms with Crippen LogP contribution in [0.4, 0.5) is 4.79 Å². The Bertz CT molecular complexity index is 318. The average Bonchev–Trinajstić information content (AvgIpc) is 2.83. The van der Waals surface area contributed by atoms with Crippen molar-refractivity contribution < 1.29 is 14.7 Å². The molecule has 0 aliphatic carbocycles. The fraction of sp³-hybridized carbons (Fsp3) is 0.857. The monoisotopic (exact) mass is 270 g/mol. The topological polar surface area (TPSA) is 69.6 Å². The highest BCUT2D eigenvalue weighted by molar-refractivity contribution is 5.77. The summed E-state index contributed by atoms with van der Waals surface area (Å²) in [6.07, 6.45) is 4.40. The quantitative estimate of drug-likeness (QED) is 0.779. The van der Waals surface area contributed by atoms with Crippen LogP contribution in [0.1, 0.15) is 59.3 Å². The second-order valence-electron chi connectivity index (χ2n) is 5.36. The van der Waals surface area contributed by atoms with Crippen molar-refractivity contribution in [2.24, 2.45) is 0 Å². The third-order valence-corrected chi connectivity index (χ3v) is 4.45. The summed E-state index contributed by atoms with van der Waals surface area (Å²) in [4.78, 5) is 24.9. The van der Waals surface area contributed by atoms with Crippen LogP contribution in [0.25, 0.3) is 0 Å². The number of hydrogen-bond acceptors (Lipinski definition) is 2. The van der Waals surface area contributed by atoms with E-state index in [-0.39, 0.29) is 24.0 Å². The minimum atomic E-state index is -0.836. The van der Waals surface area contributed by atoms with Crippen LogP contribution in [0.2, 0.25) is 0 Å². The molecule has 0 radical (unpaired) electrons. The largest absolute Gasteiger partial charge is 0.481 e. The van der Waals surface area contributed by atoms with E-state index in [4.69, 9.17) is 5.11 Å². The molecule has 5 nitrogen and oxygen atoms in total. The Morgan fingerprint density at radius 3 is 2.32 bits per heavy atom. The van der Waals surface area contributed by atoms with E-state index >= 15 is 0 Å². The molecule has 1 aliphatic rings. The average molecular weight is 270 g/mol. The molecule has 19 heavy (non-hydrogen) atoms. The third kappa shape index (κ3) is 3.85. The number of rotatable bonds is 6. The summed E-state index contributed by atoms with van der Waals surface area (Å²) < 4.78 is 0. The Morgan fingerprint density at radius 2 is 1.84 bits per heavy atom. The zero-order chi connectivity index (χ0) is 14.5. The number of hydrogen-bond donors (Lipinski definition) is 2. The van der Waals surface area contributed by atoms with E-state index in [9.17, 15) is 9.59 Å². The lowest BCUT2D eigenvalue weighted by molar-refractivity contribution is -0.137. The van der Waals surface area contributed by atoms with Crippen molar-refractivity contribution in [3.05, 3.63) is 0 Å². The molecule has 1 atom stereocenters. The van der Waals surface area contributed by atoms with Gasteiger partial charge in [0.1, 0.15) is 0 Å². The van der Waals surface area contributed by atoms with Crippen LogP contribution in [-0.4, -0.2) is 40.1 Å². The van der Waals surface area contributed by atoms with Crippen molar-refractivity contribution in [3.8, 4) is 0 Å². The van der Waals surface area contributed by atoms with Gasteiger partial charge in [0.25, 0.3) is 0 Å². The van der Waals surface area contributed by atoms with Gasteiger partial charge in [-0.1, -0.05) is 20.8 Å². The number of carbonyl (C=O) groups is 2. The first-order valence-electron chi connectivity index (χ1n) is 7.28. The fourth-order valence-corrected chi connectivity index (χ4v) is 2.83. The molecule has 0 saturated carbocycles. The van der Waals surface area contributed by atoms with E-state index in [1.807, 2.05) is 0 Å². The lowest BCUT2D eigenvalue weighted by Crippen LogP contribution is -2.53. The highest BCUT2D eigenvalue weighted by Crippen LogP contribution is 2.24. The lowest BCUT2D eigenvalue weighted by Gasteiger charge is -2.35. The Morgan fingerprint density at radius 1 is 1.26 bits per heavy atom. The zero-order valence-corrected chi connectivity index (χ0v) is 12.2. The number of aliphatic carboxylic acids is 1. The van der Waals surface area contributed by atoms with Crippen LogP contribution in [0, 0.1) is 0 Å². The van der Waals surface area contributed by atoms with Crippen LogP contribution in [0.3, 0.4) is 0 Å². The van der Waals surface area contributed by atoms with E-state index in [1.165, 1.54) is 0 Å². The molecule has 1 aliphatic heterocycles. The molecule has 2 amide bonds. The molecule has 5 heteroatoms. The zero-order valence-electron chi connectivity index (χ0n) is 12.2. The van der Waals surface area contributed by atoms with Gasteiger partial charge in [-0.3, -0.25) is 4.79 Å². The summed E-state index contributed by atoms with van der Waals surface area (Å²) >= 11 is 0. The van der Waals surface area contributed by atoms with Crippen LogP contribution in [0.5, 0.6) is 0 Å². The van der Waals surface area contributed by atoms with Crippen molar-refractivity contribution in [2.45, 2.75) is 70.9 Å². The van der Waals surface area contributed by atoms with Crippen molar-refractivity contribution in [2.75, 3.05) is 6.54 Å². The molecule has 1 saturated heterocycles. The molecule has 0 spiro atoms. The maximum atomic E-state index is 12.4. The maximum absolute atomic E-state index is 12.4. The van der Waals surface area contributed by atoms with Crippen molar-refractivity contribution in [1.29, 1.82) is 0 Å². The summed E-state index contributed by atoms with van der Waals surface area (Å²) in [5.74, 6) is -0.836. The fourth-order valence-electron chi connectivity index (χ4n) is 2.83. The Balaban J connectivity index is 2.68. The molecule has 2 N–H and O–H groups in total. The molecule has 110 valence electrons. The van der Waals surface area contributed by atoms with Gasteiger partial charge >= 0.3 is 12.0 Å². The first-order chi connectivity index (χ1) is 8.98. The van der Waals surface area contributed by atoms with Gasteiger partial charge in [0.15, 0.2) is 0 Å². The predicted molar refractivity (Wildman–Crippen MR) is 74.1 cm³/mol. The van der Waals surface area contributed by atoms with Crippen LogP contribution in [-0.2, 0) is 4.79 Å². The molecular formula is C14H26N2O3. The van der Waals surface area contributed by atoms with Crippen molar-refractivity contribution in [3.63, 3.8) is 0 Å². The van der Waals surface area contributed by atoms with E-state index in [0.717, 1.165) is 32.1 Å². The number of nitrogens with zero attached hydrogens (tertiary/aromatic N) is 1. The van der Waals surface area contributed by atoms with Gasteiger partial charge < -0.3 is 15.3 Å². The first kappa shape index (κ1) is 15.8. The van der Waals surface area contributed by atoms with E-state index in [1.54, 1.807) is 4.90 Å². The van der Waals surface area contributed by atoms with Gasteiger partial charge in [-0.25, -0.2) is 4.79 Å². The Kier molecular flexibility index (Phi) is 5.63. The van der Waals surface area contributed by atoms with Gasteiger partial charge in [-0.05, 0) is 32.1 Å². The normalized spacial score (nSPS) is 19.5. The molecule has 0 aromatic heterocycles. The standard InChI is InChI=1S/C14H26N2O3/c1-4-14(5-2,6-3)15-13(19)16-9-7-8-11(16)10-12(17)18/h11H,4-10H2,1-3H3,(H,15,19)(H,17,18). The van der Waals surface area contributed by atoms with Gasteiger partial charge in [0.2, 0.25) is 0 Å². The van der Waals surface area contributed by atoms with Crippen LogP contribution >= 0.6 is 0 Å². The molecule has 0 bridgehead atoms. The van der Waals surface area contributed by atoms with Gasteiger partial charge in [-0.2, -0.15) is 0 Å². The molecule has 1 fully saturated rings. The second-order valence-corrected chi connectivity index (χ2v) is 5.36. The smallest absolute Gasteiger partial charge is 0.318 e. The predicted octanol–water partition coefficient (Wildman–Crippen LogP) is 2.60. The summed E-state index contributed by atoms with van der Waals surface area (Å²) in [6.45, 7) is 6.89.